The summed E-state index contributed by atoms with van der Waals surface area (Å²) in [7, 11) is 1.89. The molecule has 0 bridgehead atoms. The minimum atomic E-state index is 0.322. The second kappa shape index (κ2) is 4.49. The van der Waals surface area contributed by atoms with Crippen molar-refractivity contribution < 1.29 is 9.47 Å². The third kappa shape index (κ3) is 2.01. The van der Waals surface area contributed by atoms with E-state index in [-0.39, 0.29) is 0 Å². The number of fused-ring (bicyclic) bond motifs is 1. The Labute approximate surface area is 110 Å². The van der Waals surface area contributed by atoms with Crippen molar-refractivity contribution in [3.05, 3.63) is 34.3 Å². The molecule has 1 aliphatic rings. The molecule has 18 heavy (non-hydrogen) atoms. The fraction of sp³-hybridized carbons (Fsp3) is 0.308. The summed E-state index contributed by atoms with van der Waals surface area (Å²) >= 11 is 1.69. The second-order valence-electron chi connectivity index (χ2n) is 4.14. The predicted octanol–water partition coefficient (Wildman–Crippen LogP) is 2.81. The van der Waals surface area contributed by atoms with Gasteiger partial charge in [0, 0.05) is 18.3 Å². The molecule has 5 heteroatoms. The number of nitrogens with zero attached hydrogens (tertiary/aromatic N) is 1. The van der Waals surface area contributed by atoms with Crippen molar-refractivity contribution >= 4 is 16.5 Å². The highest BCUT2D eigenvalue weighted by Crippen LogP contribution is 2.34. The Bertz CT molecular complexity index is 580. The molecule has 0 saturated carbocycles. The van der Waals surface area contributed by atoms with Crippen LogP contribution in [0.1, 0.15) is 16.1 Å². The SMILES string of the molecule is CNc1nc(C)c(Cc2ccc3c(c2)OCO3)s1. The first-order valence-electron chi connectivity index (χ1n) is 5.79. The van der Waals surface area contributed by atoms with E-state index in [1.165, 1.54) is 10.4 Å². The zero-order chi connectivity index (χ0) is 12.5. The summed E-state index contributed by atoms with van der Waals surface area (Å²) in [5.74, 6) is 1.67. The van der Waals surface area contributed by atoms with Crippen LogP contribution in [-0.2, 0) is 6.42 Å². The van der Waals surface area contributed by atoms with Gasteiger partial charge in [-0.1, -0.05) is 6.07 Å². The van der Waals surface area contributed by atoms with Crippen molar-refractivity contribution in [1.82, 2.24) is 4.98 Å². The number of aryl methyl sites for hydroxylation is 1. The average molecular weight is 262 g/mol. The number of rotatable bonds is 3. The summed E-state index contributed by atoms with van der Waals surface area (Å²) in [5, 5.41) is 4.04. The summed E-state index contributed by atoms with van der Waals surface area (Å²) in [4.78, 5) is 5.73. The molecular weight excluding hydrogens is 248 g/mol. The molecule has 3 rings (SSSR count). The Morgan fingerprint density at radius 1 is 1.33 bits per heavy atom. The maximum Gasteiger partial charge on any atom is 0.231 e. The highest BCUT2D eigenvalue weighted by Gasteiger charge is 2.14. The van der Waals surface area contributed by atoms with Gasteiger partial charge >= 0.3 is 0 Å². The second-order valence-corrected chi connectivity index (χ2v) is 5.23. The highest BCUT2D eigenvalue weighted by molar-refractivity contribution is 7.15. The van der Waals surface area contributed by atoms with Crippen LogP contribution in [0.4, 0.5) is 5.13 Å². The van der Waals surface area contributed by atoms with Crippen LogP contribution in [-0.4, -0.2) is 18.8 Å². The molecule has 0 amide bonds. The fourth-order valence-corrected chi connectivity index (χ4v) is 2.89. The number of nitrogens with one attached hydrogen (secondary N) is 1. The van der Waals surface area contributed by atoms with Crippen LogP contribution in [0.5, 0.6) is 11.5 Å². The van der Waals surface area contributed by atoms with E-state index >= 15 is 0 Å². The maximum atomic E-state index is 5.39. The predicted molar refractivity (Wildman–Crippen MR) is 71.8 cm³/mol. The van der Waals surface area contributed by atoms with E-state index in [0.717, 1.165) is 28.7 Å². The number of thiazole rings is 1. The van der Waals surface area contributed by atoms with Gasteiger partial charge in [-0.25, -0.2) is 4.98 Å². The average Bonchev–Trinajstić information content (AvgIpc) is 2.96. The molecule has 4 nitrogen and oxygen atoms in total. The van der Waals surface area contributed by atoms with Crippen molar-refractivity contribution in [3.8, 4) is 11.5 Å². The zero-order valence-electron chi connectivity index (χ0n) is 10.3. The highest BCUT2D eigenvalue weighted by atomic mass is 32.1. The molecule has 2 aromatic rings. The van der Waals surface area contributed by atoms with Gasteiger partial charge in [0.1, 0.15) is 0 Å². The fourth-order valence-electron chi connectivity index (χ4n) is 1.94. The minimum Gasteiger partial charge on any atom is -0.454 e. The van der Waals surface area contributed by atoms with Gasteiger partial charge in [0.05, 0.1) is 5.69 Å². The first-order chi connectivity index (χ1) is 8.76. The summed E-state index contributed by atoms with van der Waals surface area (Å²) in [5.41, 5.74) is 2.30. The summed E-state index contributed by atoms with van der Waals surface area (Å²) < 4.78 is 10.7. The van der Waals surface area contributed by atoms with Gasteiger partial charge in [0.25, 0.3) is 0 Å². The molecule has 1 aromatic carbocycles. The Hall–Kier alpha value is -1.75. The van der Waals surface area contributed by atoms with Crippen molar-refractivity contribution in [2.75, 3.05) is 19.2 Å². The minimum absolute atomic E-state index is 0.322. The molecule has 0 fully saturated rings. The molecule has 1 aliphatic heterocycles. The summed E-state index contributed by atoms with van der Waals surface area (Å²) in [6.45, 7) is 2.36. The molecule has 2 heterocycles. The van der Waals surface area contributed by atoms with E-state index in [1.54, 1.807) is 11.3 Å². The standard InChI is InChI=1S/C13H14N2O2S/c1-8-12(18-13(14-2)15-8)6-9-3-4-10-11(5-9)17-7-16-10/h3-5H,6-7H2,1-2H3,(H,14,15). The van der Waals surface area contributed by atoms with Gasteiger partial charge in [-0.15, -0.1) is 11.3 Å². The first kappa shape index (κ1) is 11.3. The lowest BCUT2D eigenvalue weighted by atomic mass is 10.1. The van der Waals surface area contributed by atoms with E-state index in [0.29, 0.717) is 6.79 Å². The van der Waals surface area contributed by atoms with E-state index in [1.807, 2.05) is 26.1 Å². The van der Waals surface area contributed by atoms with E-state index in [9.17, 15) is 0 Å². The molecule has 94 valence electrons. The summed E-state index contributed by atoms with van der Waals surface area (Å²) in [6.07, 6.45) is 0.877. The maximum absolute atomic E-state index is 5.39. The van der Waals surface area contributed by atoms with Gasteiger partial charge in [-0.2, -0.15) is 0 Å². The van der Waals surface area contributed by atoms with Crippen LogP contribution < -0.4 is 14.8 Å². The van der Waals surface area contributed by atoms with Crippen LogP contribution >= 0.6 is 11.3 Å². The largest absolute Gasteiger partial charge is 0.454 e. The Morgan fingerprint density at radius 3 is 2.94 bits per heavy atom. The molecule has 0 saturated heterocycles. The third-order valence-corrected chi connectivity index (χ3v) is 4.08. The summed E-state index contributed by atoms with van der Waals surface area (Å²) in [6, 6.07) is 6.08. The van der Waals surface area contributed by atoms with Crippen molar-refractivity contribution in [2.45, 2.75) is 13.3 Å². The topological polar surface area (TPSA) is 43.4 Å². The van der Waals surface area contributed by atoms with Crippen molar-refractivity contribution in [3.63, 3.8) is 0 Å². The molecule has 0 spiro atoms. The van der Waals surface area contributed by atoms with Gasteiger partial charge in [0.15, 0.2) is 16.6 Å². The van der Waals surface area contributed by atoms with E-state index < -0.39 is 0 Å². The lowest BCUT2D eigenvalue weighted by molar-refractivity contribution is 0.174. The Morgan fingerprint density at radius 2 is 2.17 bits per heavy atom. The third-order valence-electron chi connectivity index (χ3n) is 2.91. The zero-order valence-corrected chi connectivity index (χ0v) is 11.1. The van der Waals surface area contributed by atoms with Gasteiger partial charge in [-0.05, 0) is 24.6 Å². The number of benzene rings is 1. The van der Waals surface area contributed by atoms with Crippen molar-refractivity contribution in [1.29, 1.82) is 0 Å². The van der Waals surface area contributed by atoms with Crippen molar-refractivity contribution in [2.24, 2.45) is 0 Å². The molecule has 0 unspecified atom stereocenters. The molecule has 0 radical (unpaired) electrons. The quantitative estimate of drug-likeness (QED) is 0.923. The molecule has 0 aliphatic carbocycles. The number of ether oxygens (including phenoxy) is 2. The monoisotopic (exact) mass is 262 g/mol. The van der Waals surface area contributed by atoms with Gasteiger partial charge in [-0.3, -0.25) is 0 Å². The normalized spacial score (nSPS) is 12.8. The van der Waals surface area contributed by atoms with Crippen LogP contribution in [0.15, 0.2) is 18.2 Å². The number of hydrogen-bond acceptors (Lipinski definition) is 5. The van der Waals surface area contributed by atoms with Crippen LogP contribution in [0, 0.1) is 6.92 Å². The Balaban J connectivity index is 1.85. The molecule has 1 aromatic heterocycles. The van der Waals surface area contributed by atoms with Gasteiger partial charge in [0.2, 0.25) is 6.79 Å². The number of anilines is 1. The van der Waals surface area contributed by atoms with E-state index in [2.05, 4.69) is 16.4 Å². The molecular formula is C13H14N2O2S. The van der Waals surface area contributed by atoms with Gasteiger partial charge < -0.3 is 14.8 Å². The first-order valence-corrected chi connectivity index (χ1v) is 6.60. The van der Waals surface area contributed by atoms with E-state index in [4.69, 9.17) is 9.47 Å². The van der Waals surface area contributed by atoms with Crippen LogP contribution in [0.25, 0.3) is 0 Å². The number of hydrogen-bond donors (Lipinski definition) is 1. The lowest BCUT2D eigenvalue weighted by Crippen LogP contribution is -1.93. The van der Waals surface area contributed by atoms with Crippen LogP contribution in [0.3, 0.4) is 0 Å². The Kier molecular flexibility index (Phi) is 2.83. The number of aromatic nitrogens is 1. The lowest BCUT2D eigenvalue weighted by Gasteiger charge is -2.01. The molecule has 0 atom stereocenters. The van der Waals surface area contributed by atoms with Crippen LogP contribution in [0.2, 0.25) is 0 Å². The molecule has 1 N–H and O–H groups in total. The smallest absolute Gasteiger partial charge is 0.231 e.